The highest BCUT2D eigenvalue weighted by Gasteiger charge is 2.21. The fourth-order valence-corrected chi connectivity index (χ4v) is 3.74. The summed E-state index contributed by atoms with van der Waals surface area (Å²) < 4.78 is 37.5. The van der Waals surface area contributed by atoms with Crippen LogP contribution in [0.4, 0.5) is 5.69 Å². The van der Waals surface area contributed by atoms with Crippen molar-refractivity contribution in [1.82, 2.24) is 4.72 Å². The van der Waals surface area contributed by atoms with Gasteiger partial charge in [-0.1, -0.05) is 0 Å². The van der Waals surface area contributed by atoms with Gasteiger partial charge in [-0.05, 0) is 57.2 Å². The Bertz CT molecular complexity index is 894. The minimum absolute atomic E-state index is 0.124. The van der Waals surface area contributed by atoms with Crippen molar-refractivity contribution in [2.45, 2.75) is 31.2 Å². The molecule has 2 aromatic rings. The summed E-state index contributed by atoms with van der Waals surface area (Å²) >= 11 is 0. The molecule has 7 nitrogen and oxygen atoms in total. The van der Waals surface area contributed by atoms with E-state index in [1.807, 2.05) is 0 Å². The molecular weight excluding hydrogens is 368 g/mol. The highest BCUT2D eigenvalue weighted by Crippen LogP contribution is 2.23. The summed E-state index contributed by atoms with van der Waals surface area (Å²) in [6, 6.07) is 10.8. The second-order valence-corrected chi connectivity index (χ2v) is 8.62. The summed E-state index contributed by atoms with van der Waals surface area (Å²) in [6.45, 7) is 5.30. The summed E-state index contributed by atoms with van der Waals surface area (Å²) in [5.74, 6) is 0.624. The fraction of sp³-hybridized carbons (Fsp3) is 0.316. The van der Waals surface area contributed by atoms with Crippen LogP contribution in [0.1, 0.15) is 31.1 Å². The largest absolute Gasteiger partial charge is 0.497 e. The Morgan fingerprint density at radius 2 is 1.44 bits per heavy atom. The number of carbonyl (C=O) groups excluding carboxylic acids is 1. The standard InChI is InChI=1S/C19H24N2O5S/c1-19(2,3)21-27(23,24)17-8-6-14(7-9-17)20-18(22)13-10-15(25-4)12-16(11-13)26-5/h6-12,21H,1-5H3,(H,20,22). The SMILES string of the molecule is COc1cc(OC)cc(C(=O)Nc2ccc(S(=O)(=O)NC(C)(C)C)cc2)c1. The van der Waals surface area contributed by atoms with E-state index in [0.717, 1.165) is 0 Å². The summed E-state index contributed by atoms with van der Waals surface area (Å²) in [5.41, 5.74) is 0.241. The van der Waals surface area contributed by atoms with Crippen molar-refractivity contribution < 1.29 is 22.7 Å². The quantitative estimate of drug-likeness (QED) is 0.788. The van der Waals surface area contributed by atoms with Crippen LogP contribution in [0.5, 0.6) is 11.5 Å². The van der Waals surface area contributed by atoms with Gasteiger partial charge in [-0.3, -0.25) is 4.79 Å². The zero-order valence-corrected chi connectivity index (χ0v) is 16.8. The molecule has 0 aliphatic carbocycles. The number of hydrogen-bond donors (Lipinski definition) is 2. The van der Waals surface area contributed by atoms with Crippen LogP contribution < -0.4 is 19.5 Å². The molecule has 0 heterocycles. The lowest BCUT2D eigenvalue weighted by molar-refractivity contribution is 0.102. The second kappa shape index (κ2) is 7.98. The highest BCUT2D eigenvalue weighted by molar-refractivity contribution is 7.89. The molecule has 146 valence electrons. The zero-order valence-electron chi connectivity index (χ0n) is 16.0. The molecule has 0 bridgehead atoms. The van der Waals surface area contributed by atoms with E-state index in [9.17, 15) is 13.2 Å². The number of sulfonamides is 1. The molecule has 27 heavy (non-hydrogen) atoms. The molecule has 0 fully saturated rings. The van der Waals surface area contributed by atoms with Crippen LogP contribution in [0.3, 0.4) is 0 Å². The Kier molecular flexibility index (Phi) is 6.12. The average molecular weight is 392 g/mol. The first-order valence-electron chi connectivity index (χ1n) is 8.22. The predicted octanol–water partition coefficient (Wildman–Crippen LogP) is 3.03. The van der Waals surface area contributed by atoms with Gasteiger partial charge in [0.1, 0.15) is 11.5 Å². The maximum atomic E-state index is 12.5. The molecule has 0 unspecified atom stereocenters. The van der Waals surface area contributed by atoms with Crippen LogP contribution >= 0.6 is 0 Å². The van der Waals surface area contributed by atoms with E-state index in [1.54, 1.807) is 39.0 Å². The molecule has 0 radical (unpaired) electrons. The number of nitrogens with one attached hydrogen (secondary N) is 2. The first-order chi connectivity index (χ1) is 12.5. The molecule has 0 saturated carbocycles. The van der Waals surface area contributed by atoms with Gasteiger partial charge in [-0.15, -0.1) is 0 Å². The van der Waals surface area contributed by atoms with Crippen LogP contribution in [0.2, 0.25) is 0 Å². The number of hydrogen-bond acceptors (Lipinski definition) is 5. The Hall–Kier alpha value is -2.58. The normalized spacial score (nSPS) is 11.7. The lowest BCUT2D eigenvalue weighted by Crippen LogP contribution is -2.40. The minimum Gasteiger partial charge on any atom is -0.497 e. The van der Waals surface area contributed by atoms with Gasteiger partial charge in [0.05, 0.1) is 19.1 Å². The average Bonchev–Trinajstić information content (AvgIpc) is 2.59. The third-order valence-electron chi connectivity index (χ3n) is 3.48. The summed E-state index contributed by atoms with van der Waals surface area (Å²) in [5, 5.41) is 2.72. The number of ether oxygens (including phenoxy) is 2. The van der Waals surface area contributed by atoms with Crippen LogP contribution in [-0.2, 0) is 10.0 Å². The number of anilines is 1. The Labute approximate surface area is 159 Å². The van der Waals surface area contributed by atoms with E-state index in [-0.39, 0.29) is 10.8 Å². The number of rotatable bonds is 6. The van der Waals surface area contributed by atoms with E-state index >= 15 is 0 Å². The van der Waals surface area contributed by atoms with E-state index in [0.29, 0.717) is 22.7 Å². The van der Waals surface area contributed by atoms with Gasteiger partial charge < -0.3 is 14.8 Å². The van der Waals surface area contributed by atoms with Gasteiger partial charge in [-0.25, -0.2) is 13.1 Å². The third kappa shape index (κ3) is 5.70. The Balaban J connectivity index is 2.18. The third-order valence-corrected chi connectivity index (χ3v) is 5.25. The molecule has 2 rings (SSSR count). The molecule has 0 aliphatic rings. The predicted molar refractivity (Wildman–Crippen MR) is 104 cm³/mol. The van der Waals surface area contributed by atoms with Crippen molar-refractivity contribution in [3.8, 4) is 11.5 Å². The van der Waals surface area contributed by atoms with Crippen LogP contribution in [0.15, 0.2) is 47.4 Å². The highest BCUT2D eigenvalue weighted by atomic mass is 32.2. The molecule has 0 saturated heterocycles. The van der Waals surface area contributed by atoms with Crippen molar-refractivity contribution in [3.63, 3.8) is 0 Å². The van der Waals surface area contributed by atoms with Crippen molar-refractivity contribution in [2.24, 2.45) is 0 Å². The molecule has 8 heteroatoms. The maximum absolute atomic E-state index is 12.5. The number of carbonyl (C=O) groups is 1. The molecule has 2 aromatic carbocycles. The molecule has 0 aromatic heterocycles. The molecule has 1 amide bonds. The summed E-state index contributed by atoms with van der Waals surface area (Å²) in [6.07, 6.45) is 0. The van der Waals surface area contributed by atoms with Crippen LogP contribution in [-0.4, -0.2) is 34.1 Å². The van der Waals surface area contributed by atoms with Crippen LogP contribution in [0, 0.1) is 0 Å². The topological polar surface area (TPSA) is 93.7 Å². The van der Waals surface area contributed by atoms with E-state index in [2.05, 4.69) is 10.0 Å². The van der Waals surface area contributed by atoms with E-state index in [1.165, 1.54) is 38.5 Å². The van der Waals surface area contributed by atoms with Crippen molar-refractivity contribution in [3.05, 3.63) is 48.0 Å². The minimum atomic E-state index is -3.63. The van der Waals surface area contributed by atoms with Crippen LogP contribution in [0.25, 0.3) is 0 Å². The van der Waals surface area contributed by atoms with Gasteiger partial charge >= 0.3 is 0 Å². The first-order valence-corrected chi connectivity index (χ1v) is 9.71. The number of methoxy groups -OCH3 is 2. The van der Waals surface area contributed by atoms with Gasteiger partial charge in [0.25, 0.3) is 5.91 Å². The smallest absolute Gasteiger partial charge is 0.255 e. The molecule has 0 atom stereocenters. The van der Waals surface area contributed by atoms with Gasteiger partial charge in [0.15, 0.2) is 0 Å². The number of amides is 1. The Morgan fingerprint density at radius 3 is 1.89 bits per heavy atom. The molecule has 0 spiro atoms. The zero-order chi connectivity index (χ0) is 20.2. The summed E-state index contributed by atoms with van der Waals surface area (Å²) in [4.78, 5) is 12.6. The van der Waals surface area contributed by atoms with Gasteiger partial charge in [0.2, 0.25) is 10.0 Å². The molecular formula is C19H24N2O5S. The van der Waals surface area contributed by atoms with Gasteiger partial charge in [0, 0.05) is 22.9 Å². The lowest BCUT2D eigenvalue weighted by atomic mass is 10.1. The molecule has 0 aliphatic heterocycles. The van der Waals surface area contributed by atoms with Crippen molar-refractivity contribution in [1.29, 1.82) is 0 Å². The molecule has 2 N–H and O–H groups in total. The van der Waals surface area contributed by atoms with E-state index in [4.69, 9.17) is 9.47 Å². The fourth-order valence-electron chi connectivity index (χ4n) is 2.32. The van der Waals surface area contributed by atoms with Crippen molar-refractivity contribution in [2.75, 3.05) is 19.5 Å². The number of benzene rings is 2. The summed E-state index contributed by atoms with van der Waals surface area (Å²) in [7, 11) is -0.627. The Morgan fingerprint density at radius 1 is 0.926 bits per heavy atom. The monoisotopic (exact) mass is 392 g/mol. The van der Waals surface area contributed by atoms with E-state index < -0.39 is 15.6 Å². The maximum Gasteiger partial charge on any atom is 0.255 e. The first kappa shape index (κ1) is 20.7. The van der Waals surface area contributed by atoms with Crippen molar-refractivity contribution >= 4 is 21.6 Å². The van der Waals surface area contributed by atoms with Gasteiger partial charge in [-0.2, -0.15) is 0 Å². The second-order valence-electron chi connectivity index (χ2n) is 6.94. The lowest BCUT2D eigenvalue weighted by Gasteiger charge is -2.20.